The minimum absolute atomic E-state index is 0.246. The molecule has 2 nitrogen and oxygen atoms in total. The molecule has 0 unspecified atom stereocenters. The van der Waals surface area contributed by atoms with Gasteiger partial charge in [0.2, 0.25) is 0 Å². The number of hydrogen-bond donors (Lipinski definition) is 1. The Morgan fingerprint density at radius 1 is 1.29 bits per heavy atom. The fourth-order valence-electron chi connectivity index (χ4n) is 1.81. The first kappa shape index (κ1) is 9.53. The van der Waals surface area contributed by atoms with Crippen molar-refractivity contribution in [2.24, 2.45) is 0 Å². The van der Waals surface area contributed by atoms with E-state index in [1.54, 1.807) is 0 Å². The number of hydrogen-bond acceptors (Lipinski definition) is 2. The van der Waals surface area contributed by atoms with Gasteiger partial charge in [0.15, 0.2) is 0 Å². The fourth-order valence-corrected chi connectivity index (χ4v) is 1.81. The zero-order valence-corrected chi connectivity index (χ0v) is 9.39. The molecule has 0 saturated carbocycles. The topological polar surface area (TPSA) is 15.3 Å². The second-order valence-corrected chi connectivity index (χ2v) is 4.99. The van der Waals surface area contributed by atoms with E-state index in [4.69, 9.17) is 0 Å². The van der Waals surface area contributed by atoms with E-state index in [0.29, 0.717) is 0 Å². The molecule has 1 N–H and O–H groups in total. The molecule has 2 rings (SSSR count). The van der Waals surface area contributed by atoms with Crippen molar-refractivity contribution in [2.45, 2.75) is 32.7 Å². The van der Waals surface area contributed by atoms with Crippen molar-refractivity contribution in [1.29, 1.82) is 0 Å². The zero-order chi connectivity index (χ0) is 10.3. The quantitative estimate of drug-likeness (QED) is 0.676. The molecule has 0 saturated heterocycles. The van der Waals surface area contributed by atoms with E-state index in [9.17, 15) is 0 Å². The van der Waals surface area contributed by atoms with E-state index in [1.807, 2.05) is 0 Å². The summed E-state index contributed by atoms with van der Waals surface area (Å²) in [6, 6.07) is 6.74. The first-order valence-electron chi connectivity index (χ1n) is 5.09. The van der Waals surface area contributed by atoms with Gasteiger partial charge in [-0.05, 0) is 22.6 Å². The molecule has 0 aliphatic carbocycles. The standard InChI is InChI=1S/C12H18N2/c1-12(2,3)10-5-6-11-9(7-10)8-13-14(11)4/h5-7,13H,8H2,1-4H3. The van der Waals surface area contributed by atoms with Crippen molar-refractivity contribution in [1.82, 2.24) is 5.43 Å². The molecule has 0 spiro atoms. The van der Waals surface area contributed by atoms with Crippen LogP contribution in [0.15, 0.2) is 18.2 Å². The van der Waals surface area contributed by atoms with Gasteiger partial charge in [0.1, 0.15) is 0 Å². The van der Waals surface area contributed by atoms with Gasteiger partial charge in [-0.2, -0.15) is 0 Å². The van der Waals surface area contributed by atoms with Crippen LogP contribution in [0.1, 0.15) is 31.9 Å². The Bertz CT molecular complexity index is 350. The van der Waals surface area contributed by atoms with Gasteiger partial charge >= 0.3 is 0 Å². The van der Waals surface area contributed by atoms with Crippen LogP contribution in [0.5, 0.6) is 0 Å². The number of rotatable bonds is 0. The zero-order valence-electron chi connectivity index (χ0n) is 9.39. The second kappa shape index (κ2) is 2.99. The van der Waals surface area contributed by atoms with Crippen LogP contribution in [0.2, 0.25) is 0 Å². The number of nitrogens with one attached hydrogen (secondary N) is 1. The molecule has 0 atom stereocenters. The summed E-state index contributed by atoms with van der Waals surface area (Å²) in [6.45, 7) is 7.71. The summed E-state index contributed by atoms with van der Waals surface area (Å²) < 4.78 is 0. The van der Waals surface area contributed by atoms with Crippen molar-refractivity contribution in [3.63, 3.8) is 0 Å². The Balaban J connectivity index is 2.42. The van der Waals surface area contributed by atoms with Gasteiger partial charge in [-0.3, -0.25) is 0 Å². The monoisotopic (exact) mass is 190 g/mol. The summed E-state index contributed by atoms with van der Waals surface area (Å²) in [5, 5.41) is 2.09. The Kier molecular flexibility index (Phi) is 2.04. The van der Waals surface area contributed by atoms with Crippen LogP contribution in [0.4, 0.5) is 5.69 Å². The summed E-state index contributed by atoms with van der Waals surface area (Å²) in [6.07, 6.45) is 0. The van der Waals surface area contributed by atoms with Crippen molar-refractivity contribution in [3.05, 3.63) is 29.3 Å². The van der Waals surface area contributed by atoms with Crippen LogP contribution in [0.25, 0.3) is 0 Å². The maximum Gasteiger partial charge on any atom is 0.0562 e. The SMILES string of the molecule is CN1NCc2cc(C(C)(C)C)ccc21. The van der Waals surface area contributed by atoms with Crippen molar-refractivity contribution in [3.8, 4) is 0 Å². The van der Waals surface area contributed by atoms with Crippen LogP contribution in [0, 0.1) is 0 Å². The number of fused-ring (bicyclic) bond motifs is 1. The maximum atomic E-state index is 3.30. The number of hydrazine groups is 1. The van der Waals surface area contributed by atoms with Gasteiger partial charge in [-0.15, -0.1) is 0 Å². The average molecular weight is 190 g/mol. The Morgan fingerprint density at radius 3 is 2.64 bits per heavy atom. The van der Waals surface area contributed by atoms with Gasteiger partial charge in [0.25, 0.3) is 0 Å². The van der Waals surface area contributed by atoms with E-state index in [1.165, 1.54) is 16.8 Å². The van der Waals surface area contributed by atoms with Crippen LogP contribution in [0.3, 0.4) is 0 Å². The van der Waals surface area contributed by atoms with Gasteiger partial charge < -0.3 is 5.01 Å². The van der Waals surface area contributed by atoms with Crippen LogP contribution >= 0.6 is 0 Å². The highest BCUT2D eigenvalue weighted by Gasteiger charge is 2.19. The van der Waals surface area contributed by atoms with E-state index in [2.05, 4.69) is 56.5 Å². The molecule has 1 aliphatic heterocycles. The van der Waals surface area contributed by atoms with Gasteiger partial charge in [0.05, 0.1) is 5.69 Å². The summed E-state index contributed by atoms with van der Waals surface area (Å²) in [4.78, 5) is 0. The van der Waals surface area contributed by atoms with Gasteiger partial charge in [-0.25, -0.2) is 5.43 Å². The van der Waals surface area contributed by atoms with Crippen molar-refractivity contribution in [2.75, 3.05) is 12.1 Å². The van der Waals surface area contributed by atoms with E-state index < -0.39 is 0 Å². The van der Waals surface area contributed by atoms with Crippen molar-refractivity contribution < 1.29 is 0 Å². The lowest BCUT2D eigenvalue weighted by Crippen LogP contribution is -2.26. The summed E-state index contributed by atoms with van der Waals surface area (Å²) in [5.41, 5.74) is 7.66. The summed E-state index contributed by atoms with van der Waals surface area (Å²) in [7, 11) is 2.06. The Morgan fingerprint density at radius 2 is 2.00 bits per heavy atom. The molecule has 0 amide bonds. The molecule has 1 heterocycles. The lowest BCUT2D eigenvalue weighted by atomic mass is 9.86. The highest BCUT2D eigenvalue weighted by Crippen LogP contribution is 2.30. The third-order valence-electron chi connectivity index (χ3n) is 2.81. The highest BCUT2D eigenvalue weighted by atomic mass is 15.5. The number of benzene rings is 1. The van der Waals surface area contributed by atoms with Crippen LogP contribution in [-0.2, 0) is 12.0 Å². The van der Waals surface area contributed by atoms with Crippen LogP contribution in [-0.4, -0.2) is 7.05 Å². The van der Waals surface area contributed by atoms with E-state index in [-0.39, 0.29) is 5.41 Å². The Labute approximate surface area is 85.9 Å². The molecule has 0 radical (unpaired) electrons. The fraction of sp³-hybridized carbons (Fsp3) is 0.500. The smallest absolute Gasteiger partial charge is 0.0562 e. The molecular formula is C12H18N2. The van der Waals surface area contributed by atoms with E-state index in [0.717, 1.165) is 6.54 Å². The minimum atomic E-state index is 0.246. The molecule has 76 valence electrons. The molecule has 1 aromatic rings. The lowest BCUT2D eigenvalue weighted by Gasteiger charge is -2.20. The normalized spacial score (nSPS) is 15.9. The molecule has 0 bridgehead atoms. The molecule has 0 fully saturated rings. The van der Waals surface area contributed by atoms with Gasteiger partial charge in [0, 0.05) is 13.6 Å². The third kappa shape index (κ3) is 1.50. The third-order valence-corrected chi connectivity index (χ3v) is 2.81. The molecule has 1 aromatic carbocycles. The summed E-state index contributed by atoms with van der Waals surface area (Å²) in [5.74, 6) is 0. The largest absolute Gasteiger partial charge is 0.311 e. The van der Waals surface area contributed by atoms with E-state index >= 15 is 0 Å². The average Bonchev–Trinajstić information content (AvgIpc) is 2.46. The number of nitrogens with zero attached hydrogens (tertiary/aromatic N) is 1. The molecule has 1 aliphatic rings. The predicted octanol–water partition coefficient (Wildman–Crippen LogP) is 2.44. The summed E-state index contributed by atoms with van der Waals surface area (Å²) >= 11 is 0. The molecule has 14 heavy (non-hydrogen) atoms. The maximum absolute atomic E-state index is 3.30. The Hall–Kier alpha value is -1.02. The minimum Gasteiger partial charge on any atom is -0.311 e. The van der Waals surface area contributed by atoms with Gasteiger partial charge in [-0.1, -0.05) is 32.9 Å². The molecule has 2 heteroatoms. The molecule has 0 aromatic heterocycles. The highest BCUT2D eigenvalue weighted by molar-refractivity contribution is 5.57. The second-order valence-electron chi connectivity index (χ2n) is 4.99. The molecular weight excluding hydrogens is 172 g/mol. The first-order valence-corrected chi connectivity index (χ1v) is 5.09. The van der Waals surface area contributed by atoms with Crippen molar-refractivity contribution >= 4 is 5.69 Å². The first-order chi connectivity index (χ1) is 6.48. The van der Waals surface area contributed by atoms with Crippen LogP contribution < -0.4 is 10.4 Å². The number of anilines is 1. The predicted molar refractivity (Wildman–Crippen MR) is 60.4 cm³/mol. The lowest BCUT2D eigenvalue weighted by molar-refractivity contribution is 0.589.